The fourth-order valence-electron chi connectivity index (χ4n) is 2.24. The molecular weight excluding hydrogens is 308 g/mol. The lowest BCUT2D eigenvalue weighted by Crippen LogP contribution is -2.40. The second kappa shape index (κ2) is 7.27. The van der Waals surface area contributed by atoms with E-state index in [1.54, 1.807) is 6.08 Å². The maximum Gasteiger partial charge on any atom is 0.244 e. The molecule has 1 aromatic carbocycles. The Bertz CT molecular complexity index is 724. The monoisotopic (exact) mass is 328 g/mol. The summed E-state index contributed by atoms with van der Waals surface area (Å²) in [5.41, 5.74) is 3.64. The van der Waals surface area contributed by atoms with Crippen molar-refractivity contribution < 1.29 is 14.0 Å². The Morgan fingerprint density at radius 3 is 2.79 bits per heavy atom. The van der Waals surface area contributed by atoms with Crippen LogP contribution >= 0.6 is 0 Å². The van der Waals surface area contributed by atoms with Gasteiger partial charge in [-0.3, -0.25) is 4.79 Å². The summed E-state index contributed by atoms with van der Waals surface area (Å²) in [5.74, 6) is 1.81. The Hall–Kier alpha value is -2.67. The summed E-state index contributed by atoms with van der Waals surface area (Å²) in [7, 11) is 0. The van der Waals surface area contributed by atoms with Crippen LogP contribution in [0.3, 0.4) is 0 Å². The average Bonchev–Trinajstić information content (AvgIpc) is 3.25. The van der Waals surface area contributed by atoms with Gasteiger partial charge >= 0.3 is 0 Å². The first-order valence-electron chi connectivity index (χ1n) is 7.93. The van der Waals surface area contributed by atoms with Gasteiger partial charge in [-0.15, -0.1) is 15.7 Å². The Morgan fingerprint density at radius 2 is 2.08 bits per heavy atom. The second-order valence-corrected chi connectivity index (χ2v) is 5.82. The smallest absolute Gasteiger partial charge is 0.244 e. The Kier molecular flexibility index (Phi) is 4.90. The van der Waals surface area contributed by atoms with Crippen molar-refractivity contribution in [1.29, 1.82) is 0 Å². The van der Waals surface area contributed by atoms with Crippen LogP contribution in [0.1, 0.15) is 37.1 Å². The molecule has 0 radical (unpaired) electrons. The molecule has 126 valence electrons. The number of carbonyl (C=O) groups excluding carboxylic acids is 1. The molecule has 0 fully saturated rings. The van der Waals surface area contributed by atoms with Gasteiger partial charge in [0.1, 0.15) is 6.04 Å². The number of hydroxylamine groups is 1. The number of amides is 1. The molecule has 1 aliphatic rings. The average molecular weight is 328 g/mol. The van der Waals surface area contributed by atoms with Crippen LogP contribution in [-0.2, 0) is 16.1 Å². The molecule has 0 saturated heterocycles. The molecule has 1 atom stereocenters. The van der Waals surface area contributed by atoms with Crippen LogP contribution in [0.25, 0.3) is 5.76 Å². The van der Waals surface area contributed by atoms with Crippen LogP contribution in [0.5, 0.6) is 0 Å². The van der Waals surface area contributed by atoms with E-state index >= 15 is 0 Å². The van der Waals surface area contributed by atoms with E-state index in [0.29, 0.717) is 30.5 Å². The molecule has 0 saturated carbocycles. The van der Waals surface area contributed by atoms with E-state index < -0.39 is 6.04 Å². The largest absolute Gasteiger partial charge is 0.425 e. The number of hydrogen-bond donors (Lipinski definition) is 2. The summed E-state index contributed by atoms with van der Waals surface area (Å²) >= 11 is 0. The fourth-order valence-corrected chi connectivity index (χ4v) is 2.24. The Morgan fingerprint density at radius 1 is 1.29 bits per heavy atom. The van der Waals surface area contributed by atoms with Crippen molar-refractivity contribution >= 4 is 11.7 Å². The van der Waals surface area contributed by atoms with E-state index in [4.69, 9.17) is 9.25 Å². The number of carbonyl (C=O) groups is 1. The van der Waals surface area contributed by atoms with E-state index in [-0.39, 0.29) is 11.8 Å². The first-order chi connectivity index (χ1) is 11.6. The van der Waals surface area contributed by atoms with Gasteiger partial charge in [0.25, 0.3) is 0 Å². The summed E-state index contributed by atoms with van der Waals surface area (Å²) in [6.45, 7) is 4.40. The van der Waals surface area contributed by atoms with E-state index in [1.165, 1.54) is 0 Å². The molecule has 2 N–H and O–H groups in total. The number of nitrogens with one attached hydrogen (secondary N) is 2. The molecule has 2 aromatic rings. The Labute approximate surface area is 140 Å². The van der Waals surface area contributed by atoms with Crippen LogP contribution < -0.4 is 10.8 Å². The zero-order chi connectivity index (χ0) is 16.9. The zero-order valence-electron chi connectivity index (χ0n) is 13.7. The predicted octanol–water partition coefficient (Wildman–Crippen LogP) is 1.80. The van der Waals surface area contributed by atoms with Crippen molar-refractivity contribution in [1.82, 2.24) is 21.0 Å². The minimum absolute atomic E-state index is 0.162. The number of aromatic nitrogens is 2. The lowest BCUT2D eigenvalue weighted by atomic mass is 10.1. The van der Waals surface area contributed by atoms with E-state index in [9.17, 15) is 4.79 Å². The van der Waals surface area contributed by atoms with Gasteiger partial charge < -0.3 is 14.6 Å². The maximum atomic E-state index is 12.2. The molecular formula is C17H20N4O3. The molecule has 0 spiro atoms. The lowest BCUT2D eigenvalue weighted by Gasteiger charge is -2.08. The van der Waals surface area contributed by atoms with Crippen molar-refractivity contribution in [3.63, 3.8) is 0 Å². The molecule has 2 heterocycles. The third kappa shape index (κ3) is 3.80. The summed E-state index contributed by atoms with van der Waals surface area (Å²) in [4.78, 5) is 17.5. The molecule has 3 rings (SSSR count). The standard InChI is InChI=1S/C17H20N4O3/c1-11(2)17-20-19-15(23-17)8-9-18-16(22)13-10-14(24-21-13)12-6-4-3-5-7-12/h3-7,10-11,13,21H,8-9H2,1-2H3,(H,18,22). The zero-order valence-corrected chi connectivity index (χ0v) is 13.7. The molecule has 7 heteroatoms. The highest BCUT2D eigenvalue weighted by Crippen LogP contribution is 2.19. The highest BCUT2D eigenvalue weighted by Gasteiger charge is 2.24. The maximum absolute atomic E-state index is 12.2. The van der Waals surface area contributed by atoms with Gasteiger partial charge in [0.15, 0.2) is 5.76 Å². The van der Waals surface area contributed by atoms with Crippen LogP contribution in [0.15, 0.2) is 40.8 Å². The van der Waals surface area contributed by atoms with Crippen molar-refractivity contribution in [2.24, 2.45) is 0 Å². The first kappa shape index (κ1) is 16.2. The topological polar surface area (TPSA) is 89.3 Å². The van der Waals surface area contributed by atoms with Crippen molar-refractivity contribution in [2.75, 3.05) is 6.54 Å². The van der Waals surface area contributed by atoms with Crippen molar-refractivity contribution in [3.05, 3.63) is 53.8 Å². The summed E-state index contributed by atoms with van der Waals surface area (Å²) in [6.07, 6.45) is 2.25. The van der Waals surface area contributed by atoms with Crippen LogP contribution in [-0.4, -0.2) is 28.7 Å². The molecule has 1 aromatic heterocycles. The minimum Gasteiger partial charge on any atom is -0.425 e. The van der Waals surface area contributed by atoms with E-state index in [1.807, 2.05) is 44.2 Å². The number of hydrogen-bond acceptors (Lipinski definition) is 6. The number of nitrogens with zero attached hydrogens (tertiary/aromatic N) is 2. The predicted molar refractivity (Wildman–Crippen MR) is 87.5 cm³/mol. The van der Waals surface area contributed by atoms with Crippen molar-refractivity contribution in [2.45, 2.75) is 32.2 Å². The number of benzene rings is 1. The van der Waals surface area contributed by atoms with Gasteiger partial charge in [0.2, 0.25) is 17.7 Å². The van der Waals surface area contributed by atoms with Crippen LogP contribution in [0, 0.1) is 0 Å². The van der Waals surface area contributed by atoms with E-state index in [2.05, 4.69) is 21.0 Å². The summed E-state index contributed by atoms with van der Waals surface area (Å²) in [6, 6.07) is 9.10. The SMILES string of the molecule is CC(C)c1nnc(CCNC(=O)C2C=C(c3ccccc3)ON2)o1. The van der Waals surface area contributed by atoms with Crippen LogP contribution in [0.2, 0.25) is 0 Å². The number of rotatable bonds is 6. The van der Waals surface area contributed by atoms with Crippen LogP contribution in [0.4, 0.5) is 0 Å². The lowest BCUT2D eigenvalue weighted by molar-refractivity contribution is -0.123. The quantitative estimate of drug-likeness (QED) is 0.840. The van der Waals surface area contributed by atoms with Gasteiger partial charge in [0.05, 0.1) is 0 Å². The Balaban J connectivity index is 1.49. The first-order valence-corrected chi connectivity index (χ1v) is 7.93. The van der Waals surface area contributed by atoms with Gasteiger partial charge in [-0.2, -0.15) is 0 Å². The molecule has 24 heavy (non-hydrogen) atoms. The van der Waals surface area contributed by atoms with Gasteiger partial charge in [-0.25, -0.2) is 0 Å². The molecule has 7 nitrogen and oxygen atoms in total. The highest BCUT2D eigenvalue weighted by molar-refractivity contribution is 5.86. The third-order valence-electron chi connectivity index (χ3n) is 3.57. The van der Waals surface area contributed by atoms with Gasteiger partial charge in [-0.05, 0) is 6.08 Å². The fraction of sp³-hybridized carbons (Fsp3) is 0.353. The molecule has 1 unspecified atom stereocenters. The minimum atomic E-state index is -0.519. The van der Waals surface area contributed by atoms with Gasteiger partial charge in [0, 0.05) is 24.4 Å². The molecule has 1 aliphatic heterocycles. The van der Waals surface area contributed by atoms with Crippen molar-refractivity contribution in [3.8, 4) is 0 Å². The molecule has 0 bridgehead atoms. The second-order valence-electron chi connectivity index (χ2n) is 5.82. The molecule has 0 aliphatic carbocycles. The molecule has 1 amide bonds. The van der Waals surface area contributed by atoms with E-state index in [0.717, 1.165) is 5.56 Å². The summed E-state index contributed by atoms with van der Waals surface area (Å²) in [5, 5.41) is 10.8. The summed E-state index contributed by atoms with van der Waals surface area (Å²) < 4.78 is 5.50. The van der Waals surface area contributed by atoms with Gasteiger partial charge in [-0.1, -0.05) is 44.2 Å². The third-order valence-corrected chi connectivity index (χ3v) is 3.57. The highest BCUT2D eigenvalue weighted by atomic mass is 16.7. The normalized spacial score (nSPS) is 16.8.